The average Bonchev–Trinajstić information content (AvgIpc) is 2.36. The van der Waals surface area contributed by atoms with Crippen LogP contribution in [0.2, 0.25) is 0 Å². The Kier molecular flexibility index (Phi) is 6.01. The van der Waals surface area contributed by atoms with Gasteiger partial charge in [0, 0.05) is 13.6 Å². The van der Waals surface area contributed by atoms with Crippen molar-refractivity contribution in [3.05, 3.63) is 29.8 Å². The number of ether oxygens (including phenoxy) is 1. The summed E-state index contributed by atoms with van der Waals surface area (Å²) in [5.74, 6) is 0.0679. The Morgan fingerprint density at radius 1 is 1.30 bits per heavy atom. The van der Waals surface area contributed by atoms with Crippen molar-refractivity contribution in [3.8, 4) is 5.75 Å². The third kappa shape index (κ3) is 6.06. The van der Waals surface area contributed by atoms with Gasteiger partial charge in [-0.15, -0.1) is 0 Å². The van der Waals surface area contributed by atoms with Gasteiger partial charge >= 0.3 is 13.9 Å². The number of rotatable bonds is 6. The van der Waals surface area contributed by atoms with E-state index in [0.29, 0.717) is 13.2 Å². The number of carbonyl (C=O) groups is 1. The van der Waals surface area contributed by atoms with Gasteiger partial charge in [0.25, 0.3) is 0 Å². The zero-order chi connectivity index (χ0) is 15.2. The first-order valence-corrected chi connectivity index (χ1v) is 7.57. The molecule has 0 atom stereocenters. The molecule has 0 radical (unpaired) electrons. The van der Waals surface area contributed by atoms with Crippen molar-refractivity contribution < 1.29 is 28.4 Å². The van der Waals surface area contributed by atoms with Crippen LogP contribution in [0.1, 0.15) is 18.9 Å². The van der Waals surface area contributed by atoms with E-state index in [9.17, 15) is 9.36 Å². The molecule has 1 amide bonds. The second-order valence-corrected chi connectivity index (χ2v) is 5.36. The van der Waals surface area contributed by atoms with E-state index in [2.05, 4.69) is 4.52 Å². The molecular formula is C12H18NO6P. The molecule has 0 aliphatic heterocycles. The quantitative estimate of drug-likeness (QED) is 0.782. The molecule has 7 nitrogen and oxygen atoms in total. The highest BCUT2D eigenvalue weighted by atomic mass is 31.2. The molecule has 0 saturated heterocycles. The topological polar surface area (TPSA) is 96.3 Å². The van der Waals surface area contributed by atoms with Crippen LogP contribution in [0.5, 0.6) is 5.75 Å². The molecule has 2 N–H and O–H groups in total. The molecule has 20 heavy (non-hydrogen) atoms. The van der Waals surface area contributed by atoms with Crippen molar-refractivity contribution >= 4 is 13.9 Å². The summed E-state index contributed by atoms with van der Waals surface area (Å²) in [4.78, 5) is 30.3. The van der Waals surface area contributed by atoms with Gasteiger partial charge in [0.1, 0.15) is 5.75 Å². The maximum atomic E-state index is 11.5. The van der Waals surface area contributed by atoms with E-state index in [4.69, 9.17) is 14.5 Å². The smallest absolute Gasteiger partial charge is 0.449 e. The normalized spacial score (nSPS) is 11.0. The van der Waals surface area contributed by atoms with E-state index in [1.807, 2.05) is 6.92 Å². The number of phosphoric ester groups is 1. The summed E-state index contributed by atoms with van der Waals surface area (Å²) in [5.41, 5.74) is 0.791. The summed E-state index contributed by atoms with van der Waals surface area (Å²) in [6.07, 6.45) is 0.343. The van der Waals surface area contributed by atoms with Crippen molar-refractivity contribution in [2.45, 2.75) is 19.9 Å². The van der Waals surface area contributed by atoms with E-state index in [-0.39, 0.29) is 5.75 Å². The molecule has 0 saturated carbocycles. The number of carbonyl (C=O) groups excluding carboxylic acids is 1. The third-order valence-corrected chi connectivity index (χ3v) is 2.76. The number of hydrogen-bond donors (Lipinski definition) is 2. The van der Waals surface area contributed by atoms with Crippen LogP contribution in [-0.4, -0.2) is 34.4 Å². The predicted octanol–water partition coefficient (Wildman–Crippen LogP) is 2.14. The molecule has 0 fully saturated rings. The number of nitrogens with zero attached hydrogens (tertiary/aromatic N) is 1. The molecule has 0 aliphatic carbocycles. The highest BCUT2D eigenvalue weighted by Crippen LogP contribution is 2.37. The zero-order valence-electron chi connectivity index (χ0n) is 11.4. The number of amides is 1. The van der Waals surface area contributed by atoms with E-state index in [0.717, 1.165) is 12.0 Å². The molecule has 0 heterocycles. The number of benzene rings is 1. The molecule has 1 aromatic rings. The van der Waals surface area contributed by atoms with Crippen molar-refractivity contribution in [2.24, 2.45) is 0 Å². The molecular weight excluding hydrogens is 285 g/mol. The second kappa shape index (κ2) is 7.28. The van der Waals surface area contributed by atoms with Gasteiger partial charge in [-0.25, -0.2) is 9.36 Å². The van der Waals surface area contributed by atoms with Crippen molar-refractivity contribution in [3.63, 3.8) is 0 Å². The fraction of sp³-hybridized carbons (Fsp3) is 0.417. The lowest BCUT2D eigenvalue weighted by atomic mass is 10.2. The minimum Gasteiger partial charge on any atom is -0.449 e. The first-order valence-electron chi connectivity index (χ1n) is 6.04. The maximum Gasteiger partial charge on any atom is 0.524 e. The lowest BCUT2D eigenvalue weighted by Crippen LogP contribution is -2.27. The van der Waals surface area contributed by atoms with Gasteiger partial charge in [0.15, 0.2) is 0 Å². The summed E-state index contributed by atoms with van der Waals surface area (Å²) < 4.78 is 20.1. The molecule has 0 unspecified atom stereocenters. The first kappa shape index (κ1) is 16.5. The van der Waals surface area contributed by atoms with Crippen LogP contribution in [0.15, 0.2) is 24.3 Å². The van der Waals surface area contributed by atoms with Crippen LogP contribution in [0.25, 0.3) is 0 Å². The fourth-order valence-electron chi connectivity index (χ4n) is 1.43. The monoisotopic (exact) mass is 303 g/mol. The lowest BCUT2D eigenvalue weighted by Gasteiger charge is -2.17. The molecule has 0 aromatic heterocycles. The first-order chi connectivity index (χ1) is 9.31. The van der Waals surface area contributed by atoms with E-state index in [1.165, 1.54) is 17.0 Å². The molecule has 1 rings (SSSR count). The van der Waals surface area contributed by atoms with E-state index in [1.54, 1.807) is 19.2 Å². The Balaban J connectivity index is 2.57. The van der Waals surface area contributed by atoms with E-state index < -0.39 is 13.9 Å². The van der Waals surface area contributed by atoms with Gasteiger partial charge in [-0.2, -0.15) is 0 Å². The Morgan fingerprint density at radius 3 is 2.40 bits per heavy atom. The Labute approximate surface area is 117 Å². The van der Waals surface area contributed by atoms with Crippen molar-refractivity contribution in [2.75, 3.05) is 13.7 Å². The zero-order valence-corrected chi connectivity index (χ0v) is 12.2. The molecule has 8 heteroatoms. The van der Waals surface area contributed by atoms with Crippen LogP contribution >= 0.6 is 7.82 Å². The Morgan fingerprint density at radius 2 is 1.90 bits per heavy atom. The Bertz CT molecular complexity index is 483. The summed E-state index contributed by atoms with van der Waals surface area (Å²) in [5, 5.41) is 0. The second-order valence-electron chi connectivity index (χ2n) is 4.20. The van der Waals surface area contributed by atoms with Crippen molar-refractivity contribution in [1.82, 2.24) is 4.90 Å². The van der Waals surface area contributed by atoms with Gasteiger partial charge in [-0.05, 0) is 24.1 Å². The van der Waals surface area contributed by atoms with Gasteiger partial charge in [0.05, 0.1) is 6.61 Å². The summed E-state index contributed by atoms with van der Waals surface area (Å²) in [6.45, 7) is 2.62. The average molecular weight is 303 g/mol. The Hall–Kier alpha value is -1.56. The highest BCUT2D eigenvalue weighted by molar-refractivity contribution is 7.46. The third-order valence-electron chi connectivity index (χ3n) is 2.31. The minimum absolute atomic E-state index is 0.0679. The van der Waals surface area contributed by atoms with Crippen LogP contribution in [0.4, 0.5) is 4.79 Å². The SMILES string of the molecule is CCCOC(=O)N(C)Cc1ccc(OP(=O)(O)O)cc1. The molecule has 1 aromatic carbocycles. The van der Waals surface area contributed by atoms with Gasteiger partial charge in [-0.1, -0.05) is 19.1 Å². The highest BCUT2D eigenvalue weighted by Gasteiger charge is 2.16. The minimum atomic E-state index is -4.54. The fourth-order valence-corrected chi connectivity index (χ4v) is 1.83. The molecule has 0 aliphatic rings. The summed E-state index contributed by atoms with van der Waals surface area (Å²) >= 11 is 0. The largest absolute Gasteiger partial charge is 0.524 e. The van der Waals surface area contributed by atoms with Crippen LogP contribution in [0.3, 0.4) is 0 Å². The lowest BCUT2D eigenvalue weighted by molar-refractivity contribution is 0.109. The van der Waals surface area contributed by atoms with Gasteiger partial charge in [0.2, 0.25) is 0 Å². The maximum absolute atomic E-state index is 11.5. The molecule has 112 valence electrons. The van der Waals surface area contributed by atoms with Crippen LogP contribution in [0, 0.1) is 0 Å². The van der Waals surface area contributed by atoms with Crippen molar-refractivity contribution in [1.29, 1.82) is 0 Å². The number of phosphoric acid groups is 1. The number of hydrogen-bond acceptors (Lipinski definition) is 4. The van der Waals surface area contributed by atoms with Crippen LogP contribution < -0.4 is 4.52 Å². The predicted molar refractivity (Wildman–Crippen MR) is 72.2 cm³/mol. The van der Waals surface area contributed by atoms with Gasteiger partial charge in [-0.3, -0.25) is 9.79 Å². The molecule has 0 bridgehead atoms. The van der Waals surface area contributed by atoms with Crippen LogP contribution in [-0.2, 0) is 15.8 Å². The standard InChI is InChI=1S/C12H18NO6P/c1-3-8-18-12(14)13(2)9-10-4-6-11(7-5-10)19-20(15,16)17/h4-7H,3,8-9H2,1-2H3,(H2,15,16,17). The summed E-state index contributed by atoms with van der Waals surface area (Å²) in [7, 11) is -2.93. The summed E-state index contributed by atoms with van der Waals surface area (Å²) in [6, 6.07) is 6.10. The van der Waals surface area contributed by atoms with Gasteiger partial charge < -0.3 is 14.2 Å². The van der Waals surface area contributed by atoms with E-state index >= 15 is 0 Å². The molecule has 0 spiro atoms.